The van der Waals surface area contributed by atoms with Gasteiger partial charge in [-0.05, 0) is 13.8 Å². The third-order valence-corrected chi connectivity index (χ3v) is 4.73. The molecule has 0 radical (unpaired) electrons. The van der Waals surface area contributed by atoms with Gasteiger partial charge in [0.25, 0.3) is 0 Å². The highest BCUT2D eigenvalue weighted by Crippen LogP contribution is 2.30. The Labute approximate surface area is 120 Å². The molecule has 0 saturated carbocycles. The molecule has 0 saturated heterocycles. The highest BCUT2D eigenvalue weighted by Gasteiger charge is 2.18. The zero-order valence-electron chi connectivity index (χ0n) is 11.0. The van der Waals surface area contributed by atoms with Crippen LogP contribution in [0.2, 0.25) is 0 Å². The van der Waals surface area contributed by atoms with E-state index in [4.69, 9.17) is 0 Å². The number of carbonyl (C=O) groups is 1. The van der Waals surface area contributed by atoms with Gasteiger partial charge >= 0.3 is 0 Å². The van der Waals surface area contributed by atoms with Crippen molar-refractivity contribution in [1.82, 2.24) is 10.2 Å². The molecule has 1 atom stereocenters. The lowest BCUT2D eigenvalue weighted by Gasteiger charge is -2.07. The number of nitrogens with zero attached hydrogens (tertiary/aromatic N) is 2. The summed E-state index contributed by atoms with van der Waals surface area (Å²) in [5.41, 5.74) is 1.89. The van der Waals surface area contributed by atoms with E-state index in [0.29, 0.717) is 0 Å². The fourth-order valence-corrected chi connectivity index (χ4v) is 3.44. The Morgan fingerprint density at radius 1 is 1.32 bits per heavy atom. The molecule has 1 aromatic carbocycles. The van der Waals surface area contributed by atoms with Crippen molar-refractivity contribution in [2.24, 2.45) is 0 Å². The maximum atomic E-state index is 12.3. The van der Waals surface area contributed by atoms with Crippen molar-refractivity contribution in [3.05, 3.63) is 35.4 Å². The normalized spacial score (nSPS) is 12.2. The summed E-state index contributed by atoms with van der Waals surface area (Å²) < 4.78 is 0.803. The molecule has 0 unspecified atom stereocenters. The van der Waals surface area contributed by atoms with Crippen LogP contribution in [0.3, 0.4) is 0 Å². The van der Waals surface area contributed by atoms with Gasteiger partial charge < -0.3 is 5.32 Å². The maximum Gasteiger partial charge on any atom is 0.206 e. The smallest absolute Gasteiger partial charge is 0.206 e. The third-order valence-electron chi connectivity index (χ3n) is 2.60. The first-order valence-corrected chi connectivity index (χ1v) is 7.58. The molecular weight excluding hydrogens is 278 g/mol. The average Bonchev–Trinajstić information content (AvgIpc) is 2.86. The maximum absolute atomic E-state index is 12.3. The third kappa shape index (κ3) is 3.54. The predicted molar refractivity (Wildman–Crippen MR) is 80.3 cm³/mol. The van der Waals surface area contributed by atoms with Crippen molar-refractivity contribution in [1.29, 1.82) is 0 Å². The Morgan fingerprint density at radius 3 is 2.58 bits per heavy atom. The van der Waals surface area contributed by atoms with Gasteiger partial charge in [-0.2, -0.15) is 0 Å². The molecule has 4 nitrogen and oxygen atoms in total. The molecule has 1 heterocycles. The van der Waals surface area contributed by atoms with Crippen molar-refractivity contribution in [3.8, 4) is 0 Å². The number of benzene rings is 1. The van der Waals surface area contributed by atoms with Gasteiger partial charge in [-0.1, -0.05) is 52.9 Å². The second-order valence-corrected chi connectivity index (χ2v) is 6.68. The fraction of sp³-hybridized carbons (Fsp3) is 0.308. The van der Waals surface area contributed by atoms with Crippen LogP contribution < -0.4 is 5.32 Å². The number of hydrogen-bond acceptors (Lipinski definition) is 6. The van der Waals surface area contributed by atoms with Crippen LogP contribution in [0.1, 0.15) is 22.8 Å². The van der Waals surface area contributed by atoms with Crippen molar-refractivity contribution in [3.63, 3.8) is 0 Å². The van der Waals surface area contributed by atoms with E-state index < -0.39 is 0 Å². The first kappa shape index (κ1) is 14.0. The zero-order valence-corrected chi connectivity index (χ0v) is 12.6. The average molecular weight is 293 g/mol. The number of anilines is 1. The summed E-state index contributed by atoms with van der Waals surface area (Å²) in [6.07, 6.45) is 0. The Balaban J connectivity index is 2.04. The van der Waals surface area contributed by atoms with E-state index in [9.17, 15) is 4.79 Å². The molecule has 2 aromatic rings. The number of thioether (sulfide) groups is 1. The molecule has 1 N–H and O–H groups in total. The second kappa shape index (κ2) is 6.16. The minimum absolute atomic E-state index is 0.117. The number of ketones is 1. The number of rotatable bonds is 5. The Bertz CT molecular complexity index is 566. The number of nitrogens with one attached hydrogen (secondary N) is 1. The number of aromatic nitrogens is 2. The minimum Gasteiger partial charge on any atom is -0.363 e. The minimum atomic E-state index is -0.166. The quantitative estimate of drug-likeness (QED) is 0.677. The highest BCUT2D eigenvalue weighted by molar-refractivity contribution is 8.02. The monoisotopic (exact) mass is 293 g/mol. The van der Waals surface area contributed by atoms with Gasteiger partial charge in [0.05, 0.1) is 5.25 Å². The SMILES string of the molecule is CNc1nnc(S[C@H](C)C(=O)c2ccc(C)cc2)s1. The highest BCUT2D eigenvalue weighted by atomic mass is 32.2. The van der Waals surface area contributed by atoms with E-state index in [0.717, 1.165) is 20.6 Å². The van der Waals surface area contributed by atoms with Crippen molar-refractivity contribution >= 4 is 34.0 Å². The van der Waals surface area contributed by atoms with Gasteiger partial charge in [0.2, 0.25) is 5.13 Å². The molecule has 19 heavy (non-hydrogen) atoms. The molecule has 0 aliphatic carbocycles. The Kier molecular flexibility index (Phi) is 4.55. The first-order valence-electron chi connectivity index (χ1n) is 5.89. The van der Waals surface area contributed by atoms with Gasteiger partial charge in [-0.3, -0.25) is 4.79 Å². The second-order valence-electron chi connectivity index (χ2n) is 4.11. The van der Waals surface area contributed by atoms with Gasteiger partial charge in [-0.15, -0.1) is 10.2 Å². The molecule has 0 aliphatic heterocycles. The van der Waals surface area contributed by atoms with Crippen LogP contribution in [0.5, 0.6) is 0 Å². The molecular formula is C13H15N3OS2. The topological polar surface area (TPSA) is 54.9 Å². The lowest BCUT2D eigenvalue weighted by atomic mass is 10.1. The van der Waals surface area contributed by atoms with E-state index in [-0.39, 0.29) is 11.0 Å². The summed E-state index contributed by atoms with van der Waals surface area (Å²) in [5.74, 6) is 0.117. The molecule has 1 aromatic heterocycles. The number of hydrogen-bond donors (Lipinski definition) is 1. The molecule has 0 amide bonds. The van der Waals surface area contributed by atoms with Crippen LogP contribution in [0.15, 0.2) is 28.6 Å². The molecule has 0 aliphatic rings. The van der Waals surface area contributed by atoms with Crippen LogP contribution in [-0.2, 0) is 0 Å². The zero-order chi connectivity index (χ0) is 13.8. The number of Topliss-reactive ketones (excluding diaryl/α,β-unsaturated/α-hetero) is 1. The van der Waals surface area contributed by atoms with Crippen molar-refractivity contribution < 1.29 is 4.79 Å². The summed E-state index contributed by atoms with van der Waals surface area (Å²) in [4.78, 5) is 12.3. The van der Waals surface area contributed by atoms with E-state index >= 15 is 0 Å². The molecule has 0 spiro atoms. The lowest BCUT2D eigenvalue weighted by Crippen LogP contribution is -2.13. The summed E-state index contributed by atoms with van der Waals surface area (Å²) in [5, 5.41) is 11.5. The lowest BCUT2D eigenvalue weighted by molar-refractivity contribution is 0.0994. The van der Waals surface area contributed by atoms with Gasteiger partial charge in [0.15, 0.2) is 10.1 Å². The Morgan fingerprint density at radius 2 is 2.00 bits per heavy atom. The largest absolute Gasteiger partial charge is 0.363 e. The molecule has 100 valence electrons. The summed E-state index contributed by atoms with van der Waals surface area (Å²) in [6, 6.07) is 7.64. The van der Waals surface area contributed by atoms with Crippen molar-refractivity contribution in [2.45, 2.75) is 23.4 Å². The van der Waals surface area contributed by atoms with Crippen molar-refractivity contribution in [2.75, 3.05) is 12.4 Å². The van der Waals surface area contributed by atoms with Crippen LogP contribution >= 0.6 is 23.1 Å². The van der Waals surface area contributed by atoms with Gasteiger partial charge in [0, 0.05) is 12.6 Å². The fourth-order valence-electron chi connectivity index (χ4n) is 1.52. The van der Waals surface area contributed by atoms with Crippen LogP contribution in [0.4, 0.5) is 5.13 Å². The van der Waals surface area contributed by atoms with E-state index in [1.54, 1.807) is 7.05 Å². The molecule has 6 heteroatoms. The van der Waals surface area contributed by atoms with Gasteiger partial charge in [-0.25, -0.2) is 0 Å². The Hall–Kier alpha value is -1.40. The number of aryl methyl sites for hydroxylation is 1. The molecule has 2 rings (SSSR count). The van der Waals surface area contributed by atoms with E-state index in [1.807, 2.05) is 38.1 Å². The van der Waals surface area contributed by atoms with Crippen LogP contribution in [0.25, 0.3) is 0 Å². The van der Waals surface area contributed by atoms with E-state index in [1.165, 1.54) is 23.1 Å². The predicted octanol–water partition coefficient (Wildman–Crippen LogP) is 3.25. The molecule has 0 bridgehead atoms. The van der Waals surface area contributed by atoms with Crippen LogP contribution in [0, 0.1) is 6.92 Å². The standard InChI is InChI=1S/C13H15N3OS2/c1-8-4-6-10(7-5-8)11(17)9(2)18-13-16-15-12(14-3)19-13/h4-7,9H,1-3H3,(H,14,15)/t9-/m1/s1. The van der Waals surface area contributed by atoms with E-state index in [2.05, 4.69) is 15.5 Å². The summed E-state index contributed by atoms with van der Waals surface area (Å²) in [7, 11) is 1.80. The summed E-state index contributed by atoms with van der Waals surface area (Å²) >= 11 is 2.90. The number of carbonyl (C=O) groups excluding carboxylic acids is 1. The molecule has 0 fully saturated rings. The first-order chi connectivity index (χ1) is 9.10. The summed E-state index contributed by atoms with van der Waals surface area (Å²) in [6.45, 7) is 3.90. The van der Waals surface area contributed by atoms with Gasteiger partial charge in [0.1, 0.15) is 0 Å². The van der Waals surface area contributed by atoms with Crippen LogP contribution in [-0.4, -0.2) is 28.3 Å².